The summed E-state index contributed by atoms with van der Waals surface area (Å²) < 4.78 is 0. The fourth-order valence-corrected chi connectivity index (χ4v) is 3.94. The highest BCUT2D eigenvalue weighted by Gasteiger charge is 2.33. The number of benzene rings is 1. The molecule has 3 atom stereocenters. The van der Waals surface area contributed by atoms with Crippen molar-refractivity contribution in [1.82, 2.24) is 0 Å². The van der Waals surface area contributed by atoms with E-state index in [9.17, 15) is 4.79 Å². The molecule has 0 N–H and O–H groups in total. The van der Waals surface area contributed by atoms with Gasteiger partial charge in [0.1, 0.15) is 6.10 Å². The van der Waals surface area contributed by atoms with Gasteiger partial charge in [-0.15, -0.1) is 0 Å². The zero-order valence-corrected chi connectivity index (χ0v) is 17.0. The van der Waals surface area contributed by atoms with Gasteiger partial charge in [0.15, 0.2) is 0 Å². The molecular formula is C23H36O3. The average Bonchev–Trinajstić information content (AvgIpc) is 2.63. The van der Waals surface area contributed by atoms with Crippen molar-refractivity contribution >= 4 is 5.97 Å². The molecule has 1 aromatic carbocycles. The third kappa shape index (κ3) is 6.42. The molecule has 3 heteroatoms. The highest BCUT2D eigenvalue weighted by Crippen LogP contribution is 2.35. The normalized spacial score (nSPS) is 23.2. The van der Waals surface area contributed by atoms with E-state index in [2.05, 4.69) is 27.7 Å². The van der Waals surface area contributed by atoms with Gasteiger partial charge in [-0.3, -0.25) is 4.89 Å². The lowest BCUT2D eigenvalue weighted by Gasteiger charge is -2.35. The van der Waals surface area contributed by atoms with Crippen LogP contribution in [0.15, 0.2) is 24.3 Å². The molecule has 146 valence electrons. The van der Waals surface area contributed by atoms with E-state index < -0.39 is 0 Å². The molecule has 0 heterocycles. The van der Waals surface area contributed by atoms with Crippen molar-refractivity contribution in [1.29, 1.82) is 0 Å². The quantitative estimate of drug-likeness (QED) is 0.292. The number of carbonyl (C=O) groups is 1. The molecule has 0 radical (unpaired) electrons. The van der Waals surface area contributed by atoms with Gasteiger partial charge < -0.3 is 0 Å². The fraction of sp³-hybridized carbons (Fsp3) is 0.696. The summed E-state index contributed by atoms with van der Waals surface area (Å²) in [7, 11) is 0. The van der Waals surface area contributed by atoms with Gasteiger partial charge in [0.25, 0.3) is 0 Å². The summed E-state index contributed by atoms with van der Waals surface area (Å²) in [6.45, 7) is 8.91. The summed E-state index contributed by atoms with van der Waals surface area (Å²) in [5.74, 6) is 1.24. The number of aryl methyl sites for hydroxylation is 1. The Bertz CT molecular complexity index is 535. The molecule has 0 saturated heterocycles. The van der Waals surface area contributed by atoms with Crippen molar-refractivity contribution in [2.24, 2.45) is 17.8 Å². The van der Waals surface area contributed by atoms with Crippen molar-refractivity contribution < 1.29 is 14.6 Å². The fourth-order valence-electron chi connectivity index (χ4n) is 3.94. The summed E-state index contributed by atoms with van der Waals surface area (Å²) in [4.78, 5) is 23.1. The van der Waals surface area contributed by atoms with E-state index >= 15 is 0 Å². The highest BCUT2D eigenvalue weighted by atomic mass is 17.2. The minimum absolute atomic E-state index is 0.0144. The Hall–Kier alpha value is -1.35. The molecule has 0 aliphatic heterocycles. The molecule has 0 aromatic heterocycles. The third-order valence-electron chi connectivity index (χ3n) is 5.72. The predicted octanol–water partition coefficient (Wildman–Crippen LogP) is 6.36. The second-order valence-corrected chi connectivity index (χ2v) is 8.34. The molecule has 1 aromatic rings. The molecule has 1 saturated carbocycles. The van der Waals surface area contributed by atoms with E-state index in [-0.39, 0.29) is 12.1 Å². The number of hydrogen-bond acceptors (Lipinski definition) is 3. The summed E-state index contributed by atoms with van der Waals surface area (Å²) in [6.07, 6.45) is 9.45. The second-order valence-electron chi connectivity index (χ2n) is 8.34. The Morgan fingerprint density at radius 2 is 1.85 bits per heavy atom. The van der Waals surface area contributed by atoms with Crippen LogP contribution in [0.25, 0.3) is 0 Å². The molecule has 1 fully saturated rings. The molecule has 3 nitrogen and oxygen atoms in total. The van der Waals surface area contributed by atoms with Crippen molar-refractivity contribution in [3.8, 4) is 0 Å². The monoisotopic (exact) mass is 360 g/mol. The Labute approximate surface area is 159 Å². The zero-order valence-electron chi connectivity index (χ0n) is 17.0. The number of carbonyl (C=O) groups excluding carboxylic acids is 1. The molecule has 0 bridgehead atoms. The van der Waals surface area contributed by atoms with Gasteiger partial charge in [0.05, 0.1) is 5.56 Å². The van der Waals surface area contributed by atoms with Crippen molar-refractivity contribution in [2.75, 3.05) is 0 Å². The Balaban J connectivity index is 1.83. The van der Waals surface area contributed by atoms with Gasteiger partial charge in [0.2, 0.25) is 0 Å². The molecular weight excluding hydrogens is 324 g/mol. The molecule has 26 heavy (non-hydrogen) atoms. The van der Waals surface area contributed by atoms with Crippen LogP contribution in [0.2, 0.25) is 0 Å². The van der Waals surface area contributed by atoms with Gasteiger partial charge in [-0.05, 0) is 61.1 Å². The standard InChI is InChI=1S/C23H36O3/c1-5-6-7-8-9-19-11-13-20(14-12-19)23(24)26-25-22-16-18(4)10-15-21(22)17(2)3/h11-14,17-18,21-22H,5-10,15-16H2,1-4H3. The van der Waals surface area contributed by atoms with E-state index in [0.717, 1.165) is 19.3 Å². The van der Waals surface area contributed by atoms with E-state index in [4.69, 9.17) is 9.78 Å². The predicted molar refractivity (Wildman–Crippen MR) is 106 cm³/mol. The van der Waals surface area contributed by atoms with Crippen LogP contribution in [0.1, 0.15) is 88.6 Å². The van der Waals surface area contributed by atoms with E-state index in [0.29, 0.717) is 23.3 Å². The minimum atomic E-state index is -0.386. The summed E-state index contributed by atoms with van der Waals surface area (Å²) in [6, 6.07) is 7.76. The first-order chi connectivity index (χ1) is 12.5. The number of unbranched alkanes of at least 4 members (excludes halogenated alkanes) is 3. The van der Waals surface area contributed by atoms with E-state index in [1.807, 2.05) is 24.3 Å². The maximum Gasteiger partial charge on any atom is 0.373 e. The molecule has 1 aliphatic rings. The lowest BCUT2D eigenvalue weighted by atomic mass is 9.75. The largest absolute Gasteiger partial charge is 0.373 e. The van der Waals surface area contributed by atoms with Crippen LogP contribution in [-0.4, -0.2) is 12.1 Å². The van der Waals surface area contributed by atoms with Crippen LogP contribution in [0.3, 0.4) is 0 Å². The van der Waals surface area contributed by atoms with Gasteiger partial charge >= 0.3 is 5.97 Å². The molecule has 0 amide bonds. The van der Waals surface area contributed by atoms with E-state index in [1.54, 1.807) is 0 Å². The third-order valence-corrected chi connectivity index (χ3v) is 5.72. The first-order valence-electron chi connectivity index (χ1n) is 10.5. The van der Waals surface area contributed by atoms with Crippen molar-refractivity contribution in [2.45, 2.75) is 85.2 Å². The van der Waals surface area contributed by atoms with Crippen LogP contribution in [0.4, 0.5) is 0 Å². The van der Waals surface area contributed by atoms with Crippen molar-refractivity contribution in [3.05, 3.63) is 35.4 Å². The van der Waals surface area contributed by atoms with E-state index in [1.165, 1.54) is 37.7 Å². The Kier molecular flexibility index (Phi) is 8.64. The smallest absolute Gasteiger partial charge is 0.293 e. The van der Waals surface area contributed by atoms with Crippen LogP contribution in [-0.2, 0) is 16.2 Å². The van der Waals surface area contributed by atoms with Crippen LogP contribution >= 0.6 is 0 Å². The SMILES string of the molecule is CCCCCCc1ccc(C(=O)OOC2CC(C)CCC2C(C)C)cc1. The van der Waals surface area contributed by atoms with Gasteiger partial charge in [-0.1, -0.05) is 65.5 Å². The number of hydrogen-bond donors (Lipinski definition) is 0. The lowest BCUT2D eigenvalue weighted by molar-refractivity contribution is -0.296. The molecule has 3 unspecified atom stereocenters. The zero-order chi connectivity index (χ0) is 18.9. The summed E-state index contributed by atoms with van der Waals surface area (Å²) >= 11 is 0. The Morgan fingerprint density at radius 3 is 2.50 bits per heavy atom. The molecule has 1 aliphatic carbocycles. The maximum atomic E-state index is 12.3. The van der Waals surface area contributed by atoms with Crippen LogP contribution in [0.5, 0.6) is 0 Å². The van der Waals surface area contributed by atoms with Crippen molar-refractivity contribution in [3.63, 3.8) is 0 Å². The first kappa shape index (κ1) is 21.0. The lowest BCUT2D eigenvalue weighted by Crippen LogP contribution is -2.34. The molecule has 2 rings (SSSR count). The molecule has 0 spiro atoms. The number of rotatable bonds is 9. The Morgan fingerprint density at radius 1 is 1.12 bits per heavy atom. The topological polar surface area (TPSA) is 35.5 Å². The summed E-state index contributed by atoms with van der Waals surface area (Å²) in [5, 5.41) is 0. The second kappa shape index (κ2) is 10.7. The minimum Gasteiger partial charge on any atom is -0.293 e. The van der Waals surface area contributed by atoms with Crippen LogP contribution in [0, 0.1) is 17.8 Å². The first-order valence-corrected chi connectivity index (χ1v) is 10.5. The van der Waals surface area contributed by atoms with Crippen LogP contribution < -0.4 is 0 Å². The van der Waals surface area contributed by atoms with Gasteiger partial charge in [-0.25, -0.2) is 4.79 Å². The average molecular weight is 361 g/mol. The van der Waals surface area contributed by atoms with Gasteiger partial charge in [-0.2, -0.15) is 4.89 Å². The maximum absolute atomic E-state index is 12.3. The van der Waals surface area contributed by atoms with Gasteiger partial charge in [0, 0.05) is 0 Å². The summed E-state index contributed by atoms with van der Waals surface area (Å²) in [5.41, 5.74) is 1.84. The highest BCUT2D eigenvalue weighted by molar-refractivity contribution is 5.88.